The Morgan fingerprint density at radius 2 is 2.28 bits per heavy atom. The van der Waals surface area contributed by atoms with E-state index in [1.807, 2.05) is 14.1 Å². The molecule has 3 heterocycles. The molecule has 9 heteroatoms. The molecule has 1 amide bonds. The van der Waals surface area contributed by atoms with E-state index in [2.05, 4.69) is 20.4 Å². The van der Waals surface area contributed by atoms with E-state index < -0.39 is 0 Å². The average Bonchev–Trinajstić information content (AvgIpc) is 3.26. The maximum absolute atomic E-state index is 11.9. The monoisotopic (exact) mass is 353 g/mol. The van der Waals surface area contributed by atoms with Gasteiger partial charge in [-0.2, -0.15) is 4.98 Å². The molecule has 0 aliphatic carbocycles. The Balaban J connectivity index is 1.48. The minimum Gasteiger partial charge on any atom is -0.448 e. The molecule has 0 bridgehead atoms. The molecule has 2 aliphatic rings. The summed E-state index contributed by atoms with van der Waals surface area (Å²) in [6.07, 6.45) is 3.73. The lowest BCUT2D eigenvalue weighted by Gasteiger charge is -2.34. The number of amides is 1. The van der Waals surface area contributed by atoms with Crippen LogP contribution in [0.4, 0.5) is 10.7 Å². The third-order valence-electron chi connectivity index (χ3n) is 4.60. The van der Waals surface area contributed by atoms with Gasteiger partial charge < -0.3 is 24.2 Å². The largest absolute Gasteiger partial charge is 0.448 e. The van der Waals surface area contributed by atoms with Crippen LogP contribution in [0.25, 0.3) is 0 Å². The van der Waals surface area contributed by atoms with Crippen molar-refractivity contribution in [3.63, 3.8) is 0 Å². The Morgan fingerprint density at radius 1 is 1.40 bits per heavy atom. The SMILES string of the molecule is CN(C)c1noc(CN2CCCCC2COC(=O)NC2CCOC2)n1. The standard InChI is InChI=1S/C16H27N5O4/c1-20(2)15-18-14(25-19-15)9-21-7-4-3-5-13(21)11-24-16(22)17-12-6-8-23-10-12/h12-13H,3-11H2,1-2H3,(H,17,22). The lowest BCUT2D eigenvalue weighted by molar-refractivity contribution is 0.0564. The molecular formula is C16H27N5O4. The van der Waals surface area contributed by atoms with E-state index in [9.17, 15) is 4.79 Å². The maximum atomic E-state index is 11.9. The number of nitrogens with one attached hydrogen (secondary N) is 1. The number of hydrogen-bond donors (Lipinski definition) is 1. The van der Waals surface area contributed by atoms with Gasteiger partial charge in [-0.3, -0.25) is 4.90 Å². The van der Waals surface area contributed by atoms with Gasteiger partial charge in [0.05, 0.1) is 19.2 Å². The topological polar surface area (TPSA) is 93.0 Å². The normalized spacial score (nSPS) is 24.2. The van der Waals surface area contributed by atoms with Crippen LogP contribution in [0.2, 0.25) is 0 Å². The molecule has 0 spiro atoms. The molecule has 2 atom stereocenters. The lowest BCUT2D eigenvalue weighted by atomic mass is 10.0. The second kappa shape index (κ2) is 8.48. The summed E-state index contributed by atoms with van der Waals surface area (Å²) in [5.41, 5.74) is 0. The summed E-state index contributed by atoms with van der Waals surface area (Å²) in [5.74, 6) is 1.15. The van der Waals surface area contributed by atoms with Crippen molar-refractivity contribution >= 4 is 12.0 Å². The molecule has 25 heavy (non-hydrogen) atoms. The molecule has 0 radical (unpaired) electrons. The van der Waals surface area contributed by atoms with Crippen molar-refractivity contribution in [3.8, 4) is 0 Å². The van der Waals surface area contributed by atoms with Gasteiger partial charge in [0.25, 0.3) is 5.95 Å². The molecular weight excluding hydrogens is 326 g/mol. The van der Waals surface area contributed by atoms with Crippen LogP contribution < -0.4 is 10.2 Å². The summed E-state index contributed by atoms with van der Waals surface area (Å²) < 4.78 is 16.0. The van der Waals surface area contributed by atoms with E-state index in [0.717, 1.165) is 32.2 Å². The van der Waals surface area contributed by atoms with E-state index in [1.54, 1.807) is 4.90 Å². The van der Waals surface area contributed by atoms with E-state index in [1.165, 1.54) is 0 Å². The summed E-state index contributed by atoms with van der Waals surface area (Å²) in [4.78, 5) is 20.4. The number of likely N-dealkylation sites (tertiary alicyclic amines) is 1. The van der Waals surface area contributed by atoms with Gasteiger partial charge in [0, 0.05) is 26.7 Å². The van der Waals surface area contributed by atoms with Crippen LogP contribution >= 0.6 is 0 Å². The first-order valence-electron chi connectivity index (χ1n) is 8.87. The molecule has 140 valence electrons. The molecule has 1 aromatic rings. The fourth-order valence-corrected chi connectivity index (χ4v) is 3.15. The number of alkyl carbamates (subject to hydrolysis) is 1. The number of hydrogen-bond acceptors (Lipinski definition) is 8. The Hall–Kier alpha value is -1.87. The van der Waals surface area contributed by atoms with Crippen LogP contribution in [0.3, 0.4) is 0 Å². The number of piperidine rings is 1. The molecule has 2 fully saturated rings. The van der Waals surface area contributed by atoms with Gasteiger partial charge in [-0.05, 0) is 31.0 Å². The van der Waals surface area contributed by atoms with E-state index in [-0.39, 0.29) is 18.2 Å². The van der Waals surface area contributed by atoms with Gasteiger partial charge in [-0.15, -0.1) is 0 Å². The number of anilines is 1. The van der Waals surface area contributed by atoms with Crippen molar-refractivity contribution < 1.29 is 18.8 Å². The van der Waals surface area contributed by atoms with Gasteiger partial charge in [-0.25, -0.2) is 4.79 Å². The Morgan fingerprint density at radius 3 is 3.00 bits per heavy atom. The van der Waals surface area contributed by atoms with Gasteiger partial charge in [0.2, 0.25) is 5.89 Å². The third-order valence-corrected chi connectivity index (χ3v) is 4.60. The zero-order chi connectivity index (χ0) is 17.6. The van der Waals surface area contributed by atoms with Crippen LogP contribution in [0.1, 0.15) is 31.6 Å². The summed E-state index contributed by atoms with van der Waals surface area (Å²) in [6.45, 7) is 3.14. The second-order valence-electron chi connectivity index (χ2n) is 6.81. The highest BCUT2D eigenvalue weighted by Crippen LogP contribution is 2.20. The molecule has 2 unspecified atom stereocenters. The molecule has 1 N–H and O–H groups in total. The minimum atomic E-state index is -0.367. The van der Waals surface area contributed by atoms with Crippen molar-refractivity contribution in [2.45, 2.75) is 44.3 Å². The van der Waals surface area contributed by atoms with Gasteiger partial charge >= 0.3 is 6.09 Å². The van der Waals surface area contributed by atoms with Crippen LogP contribution in [-0.2, 0) is 16.0 Å². The average molecular weight is 353 g/mol. The van der Waals surface area contributed by atoms with Crippen LogP contribution in [0.15, 0.2) is 4.52 Å². The molecule has 9 nitrogen and oxygen atoms in total. The number of nitrogens with zero attached hydrogens (tertiary/aromatic N) is 4. The quantitative estimate of drug-likeness (QED) is 0.810. The molecule has 2 saturated heterocycles. The van der Waals surface area contributed by atoms with Crippen molar-refractivity contribution in [1.29, 1.82) is 0 Å². The van der Waals surface area contributed by atoms with Crippen LogP contribution in [0.5, 0.6) is 0 Å². The first-order chi connectivity index (χ1) is 12.1. The van der Waals surface area contributed by atoms with Gasteiger partial charge in [0.15, 0.2) is 0 Å². The number of carbonyl (C=O) groups is 1. The molecule has 2 aliphatic heterocycles. The Labute approximate surface area is 147 Å². The Kier molecular flexibility index (Phi) is 6.09. The van der Waals surface area contributed by atoms with Crippen molar-refractivity contribution in [1.82, 2.24) is 20.4 Å². The Bertz CT molecular complexity index is 558. The second-order valence-corrected chi connectivity index (χ2v) is 6.81. The highest BCUT2D eigenvalue weighted by molar-refractivity contribution is 5.67. The predicted octanol–water partition coefficient (Wildman–Crippen LogP) is 1.01. The van der Waals surface area contributed by atoms with Gasteiger partial charge in [0.1, 0.15) is 6.61 Å². The zero-order valence-corrected chi connectivity index (χ0v) is 14.9. The molecule has 0 aromatic carbocycles. The third kappa shape index (κ3) is 5.05. The number of rotatable bonds is 6. The predicted molar refractivity (Wildman–Crippen MR) is 90.4 cm³/mol. The zero-order valence-electron chi connectivity index (χ0n) is 14.9. The maximum Gasteiger partial charge on any atom is 0.407 e. The fraction of sp³-hybridized carbons (Fsp3) is 0.812. The minimum absolute atomic E-state index is 0.0674. The first kappa shape index (κ1) is 17.9. The van der Waals surface area contributed by atoms with Gasteiger partial charge in [-0.1, -0.05) is 6.42 Å². The van der Waals surface area contributed by atoms with Crippen molar-refractivity contribution in [2.75, 3.05) is 45.4 Å². The molecule has 1 aromatic heterocycles. The molecule has 0 saturated carbocycles. The highest BCUT2D eigenvalue weighted by Gasteiger charge is 2.26. The van der Waals surface area contributed by atoms with Crippen molar-refractivity contribution in [2.24, 2.45) is 0 Å². The van der Waals surface area contributed by atoms with Crippen LogP contribution in [0, 0.1) is 0 Å². The van der Waals surface area contributed by atoms with Crippen molar-refractivity contribution in [3.05, 3.63) is 5.89 Å². The number of carbonyl (C=O) groups excluding carboxylic acids is 1. The first-order valence-corrected chi connectivity index (χ1v) is 8.87. The van der Waals surface area contributed by atoms with E-state index in [4.69, 9.17) is 14.0 Å². The smallest absolute Gasteiger partial charge is 0.407 e. The lowest BCUT2D eigenvalue weighted by Crippen LogP contribution is -2.44. The summed E-state index contributed by atoms with van der Waals surface area (Å²) in [6, 6.07) is 0.242. The van der Waals surface area contributed by atoms with E-state index in [0.29, 0.717) is 38.2 Å². The fourth-order valence-electron chi connectivity index (χ4n) is 3.15. The van der Waals surface area contributed by atoms with Crippen LogP contribution in [-0.4, -0.2) is 73.7 Å². The summed E-state index contributed by atoms with van der Waals surface area (Å²) in [5, 5.41) is 6.79. The van der Waals surface area contributed by atoms with E-state index >= 15 is 0 Å². The summed E-state index contributed by atoms with van der Waals surface area (Å²) in [7, 11) is 3.75. The highest BCUT2D eigenvalue weighted by atomic mass is 16.6. The number of ether oxygens (including phenoxy) is 2. The number of aromatic nitrogens is 2. The summed E-state index contributed by atoms with van der Waals surface area (Å²) >= 11 is 0. The molecule has 3 rings (SSSR count).